The summed E-state index contributed by atoms with van der Waals surface area (Å²) in [4.78, 5) is 56.7. The number of nitrogen functional groups attached to an aromatic ring is 2. The van der Waals surface area contributed by atoms with Crippen molar-refractivity contribution in [2.24, 2.45) is 0 Å². The van der Waals surface area contributed by atoms with Crippen LogP contribution in [0, 0.1) is 0 Å². The van der Waals surface area contributed by atoms with Crippen molar-refractivity contribution in [1.82, 2.24) is 39.0 Å². The molecule has 9 atom stereocenters. The Kier molecular flexibility index (Phi) is 7.11. The second-order valence-corrected chi connectivity index (χ2v) is 13.3. The molecule has 7 heterocycles. The maximum atomic E-state index is 13.6. The predicted molar refractivity (Wildman–Crippen MR) is 147 cm³/mol. The fourth-order valence-corrected chi connectivity index (χ4v) is 7.85. The molecule has 0 spiro atoms. The maximum absolute atomic E-state index is 13.6. The molecule has 3 aliphatic rings. The van der Waals surface area contributed by atoms with E-state index in [0.29, 0.717) is 0 Å². The van der Waals surface area contributed by atoms with Gasteiger partial charge in [0.15, 0.2) is 34.6 Å². The van der Waals surface area contributed by atoms with E-state index in [-0.39, 0.29) is 40.5 Å². The first kappa shape index (κ1) is 30.3. The van der Waals surface area contributed by atoms with E-state index in [0.717, 1.165) is 12.7 Å². The molecule has 3 aliphatic heterocycles. The van der Waals surface area contributed by atoms with Gasteiger partial charge in [-0.05, 0) is 6.92 Å². The van der Waals surface area contributed by atoms with Crippen molar-refractivity contribution in [3.8, 4) is 0 Å². The van der Waals surface area contributed by atoms with Gasteiger partial charge < -0.3 is 35.8 Å². The van der Waals surface area contributed by atoms with E-state index in [9.17, 15) is 28.8 Å². The van der Waals surface area contributed by atoms with Crippen molar-refractivity contribution in [3.63, 3.8) is 0 Å². The van der Waals surface area contributed by atoms with Crippen LogP contribution in [0.4, 0.5) is 11.8 Å². The number of anilines is 2. The van der Waals surface area contributed by atoms with E-state index in [4.69, 9.17) is 39.0 Å². The minimum absolute atomic E-state index is 0.0484. The number of ether oxygens (including phenoxy) is 2. The number of nitrogens with zero attached hydrogens (tertiary/aromatic N) is 7. The van der Waals surface area contributed by atoms with Gasteiger partial charge in [-0.25, -0.2) is 29.1 Å². The van der Waals surface area contributed by atoms with Gasteiger partial charge in [-0.15, -0.1) is 0 Å². The van der Waals surface area contributed by atoms with Crippen molar-refractivity contribution < 1.29 is 51.6 Å². The molecule has 2 unspecified atom stereocenters. The van der Waals surface area contributed by atoms with Crippen LogP contribution in [0.3, 0.4) is 0 Å². The van der Waals surface area contributed by atoms with E-state index in [1.54, 1.807) is 0 Å². The molecule has 3 fully saturated rings. The van der Waals surface area contributed by atoms with Gasteiger partial charge in [-0.3, -0.25) is 37.0 Å². The first-order chi connectivity index (χ1) is 21.3. The van der Waals surface area contributed by atoms with Crippen LogP contribution in [-0.2, 0) is 42.4 Å². The zero-order chi connectivity index (χ0) is 31.9. The first-order valence-electron chi connectivity index (χ1n) is 13.2. The van der Waals surface area contributed by atoms with Crippen molar-refractivity contribution in [2.45, 2.75) is 55.8 Å². The zero-order valence-corrected chi connectivity index (χ0v) is 24.8. The zero-order valence-electron chi connectivity index (χ0n) is 23.0. The third-order valence-corrected chi connectivity index (χ3v) is 9.75. The van der Waals surface area contributed by atoms with Crippen LogP contribution in [0.1, 0.15) is 19.6 Å². The first-order valence-corrected chi connectivity index (χ1v) is 16.2. The highest BCUT2D eigenvalue weighted by molar-refractivity contribution is 7.47. The van der Waals surface area contributed by atoms with Crippen molar-refractivity contribution in [1.29, 1.82) is 0 Å². The highest BCUT2D eigenvalue weighted by Gasteiger charge is 2.55. The summed E-state index contributed by atoms with van der Waals surface area (Å²) in [6, 6.07) is 0. The fraction of sp³-hybridized carbons (Fsp3) is 0.524. The van der Waals surface area contributed by atoms with Crippen molar-refractivity contribution in [2.75, 3.05) is 24.7 Å². The molecule has 7 rings (SSSR count). The Hall–Kier alpha value is -3.40. The minimum Gasteiger partial charge on any atom is -0.386 e. The van der Waals surface area contributed by atoms with Crippen LogP contribution in [0.2, 0.25) is 0 Å². The quantitative estimate of drug-likeness (QED) is 0.137. The Morgan fingerprint density at radius 2 is 1.82 bits per heavy atom. The SMILES string of the molecule is C[C@H]1OP(=O)(O)O[C@@]2(n3cnc4c(=O)[nH]c(N)nc43)CO[C@H](COP(=O)(O)O[C@H]3[C@@H](O)[C@H](n4cnc5c(N)ncnc54)O[C@@H]31)C2. The highest BCUT2D eigenvalue weighted by atomic mass is 31.2. The number of nitrogens with two attached hydrogens (primary N) is 2. The second-order valence-electron chi connectivity index (χ2n) is 10.6. The summed E-state index contributed by atoms with van der Waals surface area (Å²) in [5.41, 5.74) is 9.13. The number of aliphatic hydroxyl groups excluding tert-OH is 1. The molecule has 8 N–H and O–H groups in total. The van der Waals surface area contributed by atoms with Gasteiger partial charge in [0.1, 0.15) is 30.2 Å². The molecule has 45 heavy (non-hydrogen) atoms. The molecule has 0 aromatic carbocycles. The van der Waals surface area contributed by atoms with Gasteiger partial charge >= 0.3 is 15.6 Å². The van der Waals surface area contributed by atoms with E-state index in [2.05, 4.69) is 29.9 Å². The lowest BCUT2D eigenvalue weighted by molar-refractivity contribution is -0.0926. The number of hydrogen-bond acceptors (Lipinski definition) is 17. The largest absolute Gasteiger partial charge is 0.474 e. The van der Waals surface area contributed by atoms with Crippen LogP contribution < -0.4 is 17.0 Å². The van der Waals surface area contributed by atoms with Gasteiger partial charge in [-0.2, -0.15) is 4.98 Å². The summed E-state index contributed by atoms with van der Waals surface area (Å²) >= 11 is 0. The number of aromatic nitrogens is 8. The summed E-state index contributed by atoms with van der Waals surface area (Å²) in [6.45, 7) is 0.308. The van der Waals surface area contributed by atoms with Crippen LogP contribution in [-0.4, -0.2) is 97.7 Å². The smallest absolute Gasteiger partial charge is 0.386 e. The standard InChI is InChI=1S/C21H26N10O12P2/c1-8-13-14(12(32)19(40-13)30-6-26-10-15(22)24-5-25-16(10)30)42-44(34,35)39-3-9-2-21(4-38-9,43-45(36,37)41-8)31-7-27-11-17(31)28-20(23)29-18(11)33/h5-9,12-14,19,32H,2-4H2,1H3,(H,34,35)(H,36,37)(H2,22,24,25)(H3,23,28,29,33)/t8-,9+,12-,13-,14+,19-,21-/m1/s1. The lowest BCUT2D eigenvalue weighted by Crippen LogP contribution is -2.41. The van der Waals surface area contributed by atoms with Gasteiger partial charge in [0.2, 0.25) is 5.95 Å². The minimum atomic E-state index is -5.11. The van der Waals surface area contributed by atoms with Crippen LogP contribution >= 0.6 is 15.6 Å². The van der Waals surface area contributed by atoms with Crippen LogP contribution in [0.5, 0.6) is 0 Å². The van der Waals surface area contributed by atoms with Crippen molar-refractivity contribution >= 4 is 49.7 Å². The fourth-order valence-electron chi connectivity index (χ4n) is 5.66. The van der Waals surface area contributed by atoms with Crippen LogP contribution in [0.25, 0.3) is 22.3 Å². The summed E-state index contributed by atoms with van der Waals surface area (Å²) < 4.78 is 62.7. The molecule has 24 heteroatoms. The molecule has 2 bridgehead atoms. The Morgan fingerprint density at radius 3 is 2.62 bits per heavy atom. The maximum Gasteiger partial charge on any atom is 0.474 e. The number of H-pyrrole nitrogens is 1. The molecular weight excluding hydrogens is 646 g/mol. The molecule has 242 valence electrons. The average Bonchev–Trinajstić information content (AvgIpc) is 3.73. The molecule has 22 nitrogen and oxygen atoms in total. The number of phosphoric ester groups is 2. The van der Waals surface area contributed by atoms with E-state index in [1.165, 1.54) is 22.4 Å². The number of aromatic amines is 1. The van der Waals surface area contributed by atoms with Crippen molar-refractivity contribution in [3.05, 3.63) is 29.3 Å². The van der Waals surface area contributed by atoms with Crippen LogP contribution in [0.15, 0.2) is 23.8 Å². The highest BCUT2D eigenvalue weighted by Crippen LogP contribution is 2.56. The summed E-state index contributed by atoms with van der Waals surface area (Å²) in [5, 5.41) is 11.3. The Labute approximate surface area is 250 Å². The Balaban J connectivity index is 1.26. The Bertz CT molecular complexity index is 1950. The van der Waals surface area contributed by atoms with E-state index < -0.39 is 76.9 Å². The molecule has 0 saturated carbocycles. The monoisotopic (exact) mass is 672 g/mol. The third kappa shape index (κ3) is 5.22. The van der Waals surface area contributed by atoms with E-state index >= 15 is 0 Å². The number of hydrogen-bond donors (Lipinski definition) is 6. The molecule has 4 aromatic heterocycles. The topological polar surface area (TPSA) is 309 Å². The summed E-state index contributed by atoms with van der Waals surface area (Å²) in [7, 11) is -10.1. The number of nitrogens with one attached hydrogen (secondary N) is 1. The normalized spacial score (nSPS) is 37.7. The number of rotatable bonds is 2. The lowest BCUT2D eigenvalue weighted by atomic mass is 10.1. The van der Waals surface area contributed by atoms with Gasteiger partial charge in [0, 0.05) is 6.42 Å². The molecule has 0 radical (unpaired) electrons. The molecule has 0 amide bonds. The number of phosphoric acid groups is 2. The number of imidazole rings is 2. The Morgan fingerprint density at radius 1 is 1.04 bits per heavy atom. The number of aliphatic hydroxyl groups is 1. The molecule has 3 saturated heterocycles. The summed E-state index contributed by atoms with van der Waals surface area (Å²) in [6.07, 6.45) is -5.31. The van der Waals surface area contributed by atoms with E-state index in [1.807, 2.05) is 0 Å². The average molecular weight is 672 g/mol. The van der Waals surface area contributed by atoms with Gasteiger partial charge in [-0.1, -0.05) is 0 Å². The molecular formula is C21H26N10O12P2. The van der Waals surface area contributed by atoms with Gasteiger partial charge in [0.05, 0.1) is 38.1 Å². The number of fused-ring (bicyclic) bond motifs is 5. The lowest BCUT2D eigenvalue weighted by Gasteiger charge is -2.32. The summed E-state index contributed by atoms with van der Waals surface area (Å²) in [5.74, 6) is -0.214. The third-order valence-electron chi connectivity index (χ3n) is 7.59. The molecule has 0 aliphatic carbocycles. The van der Waals surface area contributed by atoms with Gasteiger partial charge in [0.25, 0.3) is 5.56 Å². The molecule has 4 aromatic rings. The second kappa shape index (κ2) is 10.6. The predicted octanol–water partition coefficient (Wildman–Crippen LogP) is -1.14.